The van der Waals surface area contributed by atoms with E-state index < -0.39 is 0 Å². The van der Waals surface area contributed by atoms with Gasteiger partial charge < -0.3 is 19.5 Å². The SMILES string of the molecule is COC(=O)c1ccc(C=C(CNc2ccc3ccc(OC)cc3c2)COc2cccc3ccccc23)cc1. The van der Waals surface area contributed by atoms with Crippen LogP contribution in [0.1, 0.15) is 15.9 Å². The summed E-state index contributed by atoms with van der Waals surface area (Å²) >= 11 is 0. The average molecular weight is 504 g/mol. The van der Waals surface area contributed by atoms with Crippen LogP contribution in [-0.4, -0.2) is 33.3 Å². The highest BCUT2D eigenvalue weighted by atomic mass is 16.5. The Balaban J connectivity index is 1.39. The molecule has 5 heteroatoms. The van der Waals surface area contributed by atoms with Gasteiger partial charge in [0.1, 0.15) is 18.1 Å². The van der Waals surface area contributed by atoms with Crippen LogP contribution >= 0.6 is 0 Å². The molecule has 5 aromatic carbocycles. The van der Waals surface area contributed by atoms with E-state index in [-0.39, 0.29) is 5.97 Å². The van der Waals surface area contributed by atoms with Crippen LogP contribution in [0.15, 0.2) is 109 Å². The van der Waals surface area contributed by atoms with Crippen molar-refractivity contribution in [2.45, 2.75) is 0 Å². The maximum Gasteiger partial charge on any atom is 0.337 e. The predicted octanol–water partition coefficient (Wildman–Crippen LogP) is 7.36. The van der Waals surface area contributed by atoms with E-state index in [1.807, 2.05) is 48.5 Å². The fourth-order valence-electron chi connectivity index (χ4n) is 4.38. The lowest BCUT2D eigenvalue weighted by atomic mass is 10.1. The van der Waals surface area contributed by atoms with E-state index in [9.17, 15) is 4.79 Å². The molecule has 0 aliphatic carbocycles. The van der Waals surface area contributed by atoms with Crippen molar-refractivity contribution in [3.05, 3.63) is 120 Å². The van der Waals surface area contributed by atoms with Crippen LogP contribution in [-0.2, 0) is 4.74 Å². The number of nitrogens with one attached hydrogen (secondary N) is 1. The molecule has 38 heavy (non-hydrogen) atoms. The van der Waals surface area contributed by atoms with Crippen molar-refractivity contribution in [1.82, 2.24) is 0 Å². The Morgan fingerprint density at radius 3 is 2.39 bits per heavy atom. The topological polar surface area (TPSA) is 56.8 Å². The fourth-order valence-corrected chi connectivity index (χ4v) is 4.38. The van der Waals surface area contributed by atoms with E-state index in [0.717, 1.165) is 49.9 Å². The predicted molar refractivity (Wildman–Crippen MR) is 154 cm³/mol. The minimum atomic E-state index is -0.352. The van der Waals surface area contributed by atoms with Gasteiger partial charge in [-0.1, -0.05) is 66.7 Å². The third-order valence-corrected chi connectivity index (χ3v) is 6.43. The summed E-state index contributed by atoms with van der Waals surface area (Å²) in [7, 11) is 3.06. The third kappa shape index (κ3) is 5.79. The molecule has 0 aromatic heterocycles. The van der Waals surface area contributed by atoms with Gasteiger partial charge in [0.2, 0.25) is 0 Å². The average Bonchev–Trinajstić information content (AvgIpc) is 2.98. The van der Waals surface area contributed by atoms with E-state index >= 15 is 0 Å². The second-order valence-corrected chi connectivity index (χ2v) is 8.96. The number of methoxy groups -OCH3 is 2. The summed E-state index contributed by atoms with van der Waals surface area (Å²) in [6.07, 6.45) is 2.09. The van der Waals surface area contributed by atoms with Gasteiger partial charge in [-0.15, -0.1) is 0 Å². The quantitative estimate of drug-likeness (QED) is 0.213. The monoisotopic (exact) mass is 503 g/mol. The molecule has 0 unspecified atom stereocenters. The molecule has 190 valence electrons. The Bertz CT molecular complexity index is 1600. The summed E-state index contributed by atoms with van der Waals surface area (Å²) < 4.78 is 16.5. The van der Waals surface area contributed by atoms with Gasteiger partial charge in [0, 0.05) is 17.6 Å². The van der Waals surface area contributed by atoms with Crippen molar-refractivity contribution < 1.29 is 19.0 Å². The van der Waals surface area contributed by atoms with Crippen LogP contribution in [0.5, 0.6) is 11.5 Å². The molecule has 0 bridgehead atoms. The Morgan fingerprint density at radius 2 is 1.58 bits per heavy atom. The van der Waals surface area contributed by atoms with Crippen molar-refractivity contribution in [3.63, 3.8) is 0 Å². The van der Waals surface area contributed by atoms with Gasteiger partial charge in [0.05, 0.1) is 19.8 Å². The minimum absolute atomic E-state index is 0.352. The number of hydrogen-bond donors (Lipinski definition) is 1. The van der Waals surface area contributed by atoms with E-state index in [0.29, 0.717) is 18.7 Å². The highest BCUT2D eigenvalue weighted by molar-refractivity contribution is 5.90. The molecular formula is C33H29NO4. The van der Waals surface area contributed by atoms with Crippen molar-refractivity contribution in [2.75, 3.05) is 32.7 Å². The van der Waals surface area contributed by atoms with Crippen LogP contribution in [0.25, 0.3) is 27.6 Å². The molecule has 5 rings (SSSR count). The lowest BCUT2D eigenvalue weighted by Gasteiger charge is -2.14. The van der Waals surface area contributed by atoms with Crippen LogP contribution in [0.3, 0.4) is 0 Å². The molecule has 0 saturated heterocycles. The molecule has 0 fully saturated rings. The third-order valence-electron chi connectivity index (χ3n) is 6.43. The van der Waals surface area contributed by atoms with Crippen LogP contribution in [0, 0.1) is 0 Å². The zero-order chi connectivity index (χ0) is 26.3. The van der Waals surface area contributed by atoms with Gasteiger partial charge in [-0.05, 0) is 69.8 Å². The summed E-state index contributed by atoms with van der Waals surface area (Å²) in [6.45, 7) is 0.986. The number of rotatable bonds is 9. The van der Waals surface area contributed by atoms with Crippen LogP contribution in [0.2, 0.25) is 0 Å². The molecule has 0 amide bonds. The molecule has 0 aliphatic heterocycles. The standard InChI is InChI=1S/C33H29NO4/c1-36-30-17-15-25-14-16-29(19-28(25)20-30)34-21-24(18-23-10-12-27(13-11-23)33(35)37-2)22-38-32-9-5-7-26-6-3-4-8-31(26)32/h3-20,34H,21-22H2,1-2H3. The van der Waals surface area contributed by atoms with E-state index in [1.165, 1.54) is 7.11 Å². The number of carbonyl (C=O) groups is 1. The summed E-state index contributed by atoms with van der Waals surface area (Å²) in [6, 6.07) is 34.0. The lowest BCUT2D eigenvalue weighted by molar-refractivity contribution is 0.0600. The van der Waals surface area contributed by atoms with Crippen LogP contribution < -0.4 is 14.8 Å². The number of benzene rings is 5. The van der Waals surface area contributed by atoms with Gasteiger partial charge in [0.25, 0.3) is 0 Å². The van der Waals surface area contributed by atoms with Crippen molar-refractivity contribution in [2.24, 2.45) is 0 Å². The van der Waals surface area contributed by atoms with Crippen molar-refractivity contribution >= 4 is 39.3 Å². The van der Waals surface area contributed by atoms with Gasteiger partial charge >= 0.3 is 5.97 Å². The first-order chi connectivity index (χ1) is 18.6. The maximum absolute atomic E-state index is 11.8. The smallest absolute Gasteiger partial charge is 0.337 e. The number of hydrogen-bond acceptors (Lipinski definition) is 5. The minimum Gasteiger partial charge on any atom is -0.497 e. The number of esters is 1. The van der Waals surface area contributed by atoms with Gasteiger partial charge in [-0.2, -0.15) is 0 Å². The summed E-state index contributed by atoms with van der Waals surface area (Å²) in [5.41, 5.74) is 3.54. The number of fused-ring (bicyclic) bond motifs is 2. The molecule has 0 heterocycles. The van der Waals surface area contributed by atoms with Crippen LogP contribution in [0.4, 0.5) is 5.69 Å². The number of carbonyl (C=O) groups excluding carboxylic acids is 1. The van der Waals surface area contributed by atoms with E-state index in [1.54, 1.807) is 19.2 Å². The molecule has 0 radical (unpaired) electrons. The molecule has 5 nitrogen and oxygen atoms in total. The first kappa shape index (κ1) is 24.9. The Hall–Kier alpha value is -4.77. The summed E-state index contributed by atoms with van der Waals surface area (Å²) in [5, 5.41) is 8.01. The van der Waals surface area contributed by atoms with Gasteiger partial charge in [-0.3, -0.25) is 0 Å². The second-order valence-electron chi connectivity index (χ2n) is 8.96. The fraction of sp³-hybridized carbons (Fsp3) is 0.121. The first-order valence-electron chi connectivity index (χ1n) is 12.4. The largest absolute Gasteiger partial charge is 0.497 e. The molecule has 1 N–H and O–H groups in total. The Morgan fingerprint density at radius 1 is 0.789 bits per heavy atom. The second kappa shape index (κ2) is 11.5. The molecule has 0 spiro atoms. The Labute approximate surface area is 222 Å². The maximum atomic E-state index is 11.8. The van der Waals surface area contributed by atoms with Gasteiger partial charge in [0.15, 0.2) is 0 Å². The highest BCUT2D eigenvalue weighted by Crippen LogP contribution is 2.27. The molecule has 0 aliphatic rings. The summed E-state index contributed by atoms with van der Waals surface area (Å²) in [5.74, 6) is 1.32. The van der Waals surface area contributed by atoms with E-state index in [2.05, 4.69) is 53.9 Å². The van der Waals surface area contributed by atoms with Gasteiger partial charge in [-0.25, -0.2) is 4.79 Å². The zero-order valence-corrected chi connectivity index (χ0v) is 21.4. The zero-order valence-electron chi connectivity index (χ0n) is 21.4. The first-order valence-corrected chi connectivity index (χ1v) is 12.4. The van der Waals surface area contributed by atoms with E-state index in [4.69, 9.17) is 14.2 Å². The number of ether oxygens (including phenoxy) is 3. The highest BCUT2D eigenvalue weighted by Gasteiger charge is 2.08. The molecule has 0 saturated carbocycles. The lowest BCUT2D eigenvalue weighted by Crippen LogP contribution is -2.12. The summed E-state index contributed by atoms with van der Waals surface area (Å²) in [4.78, 5) is 11.8. The Kier molecular flexibility index (Phi) is 7.55. The molecular weight excluding hydrogens is 474 g/mol. The normalized spacial score (nSPS) is 11.4. The van der Waals surface area contributed by atoms with Crippen molar-refractivity contribution in [3.8, 4) is 11.5 Å². The molecule has 5 aromatic rings. The molecule has 0 atom stereocenters. The number of anilines is 1. The van der Waals surface area contributed by atoms with Crippen molar-refractivity contribution in [1.29, 1.82) is 0 Å².